The Labute approximate surface area is 186 Å². The van der Waals surface area contributed by atoms with Crippen LogP contribution in [0.2, 0.25) is 0 Å². The molecular weight excluding hydrogens is 404 g/mol. The Hall–Kier alpha value is -3.20. The average Bonchev–Trinajstić information content (AvgIpc) is 3.20. The van der Waals surface area contributed by atoms with Crippen LogP contribution in [0.1, 0.15) is 42.2 Å². The molecule has 3 aromatic heterocycles. The molecule has 5 heterocycles. The number of pyridine rings is 1. The molecule has 3 aliphatic rings. The molecule has 166 valence electrons. The van der Waals surface area contributed by atoms with Crippen molar-refractivity contribution in [1.82, 2.24) is 29.7 Å². The fourth-order valence-electron chi connectivity index (χ4n) is 5.24. The van der Waals surface area contributed by atoms with Crippen molar-refractivity contribution in [1.29, 1.82) is 0 Å². The molecule has 32 heavy (non-hydrogen) atoms. The lowest BCUT2D eigenvalue weighted by Gasteiger charge is -2.38. The van der Waals surface area contributed by atoms with E-state index in [-0.39, 0.29) is 18.0 Å². The van der Waals surface area contributed by atoms with Gasteiger partial charge in [0.2, 0.25) is 5.95 Å². The number of hydrogen-bond acceptors (Lipinski definition) is 7. The first-order valence-corrected chi connectivity index (χ1v) is 11.5. The summed E-state index contributed by atoms with van der Waals surface area (Å²) in [6, 6.07) is 6.42. The molecule has 1 saturated heterocycles. The van der Waals surface area contributed by atoms with Gasteiger partial charge in [-0.1, -0.05) is 12.8 Å². The smallest absolute Gasteiger partial charge is 0.268 e. The van der Waals surface area contributed by atoms with Crippen LogP contribution in [0.3, 0.4) is 0 Å². The van der Waals surface area contributed by atoms with Crippen molar-refractivity contribution in [3.8, 4) is 0 Å². The molecule has 6 rings (SSSR count). The minimum atomic E-state index is -0.0122. The molecule has 0 bridgehead atoms. The molecule has 0 unspecified atom stereocenters. The lowest BCUT2D eigenvalue weighted by Crippen LogP contribution is -2.48. The highest BCUT2D eigenvalue weighted by molar-refractivity contribution is 5.99. The van der Waals surface area contributed by atoms with Gasteiger partial charge in [-0.2, -0.15) is 4.98 Å². The van der Waals surface area contributed by atoms with Gasteiger partial charge in [-0.3, -0.25) is 4.79 Å². The van der Waals surface area contributed by atoms with Crippen LogP contribution in [0.4, 0.5) is 17.5 Å². The zero-order valence-electron chi connectivity index (χ0n) is 18.3. The first-order chi connectivity index (χ1) is 15.7. The van der Waals surface area contributed by atoms with Gasteiger partial charge < -0.3 is 25.0 Å². The summed E-state index contributed by atoms with van der Waals surface area (Å²) < 4.78 is 2.13. The number of nitrogens with one attached hydrogen (secondary N) is 2. The van der Waals surface area contributed by atoms with Crippen molar-refractivity contribution in [2.75, 3.05) is 43.4 Å². The number of amides is 1. The Balaban J connectivity index is 1.26. The molecule has 2 atom stereocenters. The molecule has 3 aromatic rings. The lowest BCUT2D eigenvalue weighted by molar-refractivity contribution is 0.0855. The van der Waals surface area contributed by atoms with Crippen LogP contribution in [-0.2, 0) is 0 Å². The van der Waals surface area contributed by atoms with Crippen LogP contribution in [0, 0.1) is 0 Å². The Morgan fingerprint density at radius 1 is 1.06 bits per heavy atom. The van der Waals surface area contributed by atoms with Crippen LogP contribution in [-0.4, -0.2) is 69.6 Å². The van der Waals surface area contributed by atoms with Gasteiger partial charge in [0.25, 0.3) is 5.91 Å². The Kier molecular flexibility index (Phi) is 4.71. The maximum Gasteiger partial charge on any atom is 0.268 e. The number of hydrogen-bond donors (Lipinski definition) is 2. The minimum Gasteiger partial charge on any atom is -0.368 e. The van der Waals surface area contributed by atoms with Gasteiger partial charge in [0, 0.05) is 43.8 Å². The van der Waals surface area contributed by atoms with E-state index in [0.29, 0.717) is 17.5 Å². The summed E-state index contributed by atoms with van der Waals surface area (Å²) >= 11 is 0. The first kappa shape index (κ1) is 19.5. The highest BCUT2D eigenvalue weighted by atomic mass is 16.2. The summed E-state index contributed by atoms with van der Waals surface area (Å²) in [4.78, 5) is 31.2. The molecule has 0 aromatic carbocycles. The second-order valence-electron chi connectivity index (χ2n) is 9.12. The van der Waals surface area contributed by atoms with E-state index in [9.17, 15) is 4.79 Å². The van der Waals surface area contributed by atoms with Crippen molar-refractivity contribution < 1.29 is 4.79 Å². The van der Waals surface area contributed by atoms with Gasteiger partial charge >= 0.3 is 0 Å². The van der Waals surface area contributed by atoms with Crippen LogP contribution >= 0.6 is 0 Å². The Morgan fingerprint density at radius 2 is 1.91 bits per heavy atom. The summed E-state index contributed by atoms with van der Waals surface area (Å²) in [6.45, 7) is 4.16. The number of carbonyl (C=O) groups excluding carboxylic acids is 1. The van der Waals surface area contributed by atoms with Crippen molar-refractivity contribution in [2.45, 2.75) is 37.8 Å². The normalized spacial score (nSPS) is 23.5. The molecule has 1 aliphatic carbocycles. The minimum absolute atomic E-state index is 0.0122. The van der Waals surface area contributed by atoms with Crippen molar-refractivity contribution >= 4 is 34.4 Å². The molecule has 2 N–H and O–H groups in total. The van der Waals surface area contributed by atoms with Gasteiger partial charge in [0.05, 0.1) is 17.9 Å². The van der Waals surface area contributed by atoms with E-state index in [0.717, 1.165) is 62.2 Å². The zero-order chi connectivity index (χ0) is 21.7. The summed E-state index contributed by atoms with van der Waals surface area (Å²) in [7, 11) is 2.16. The highest BCUT2D eigenvalue weighted by Gasteiger charge is 2.36. The van der Waals surface area contributed by atoms with E-state index in [1.807, 2.05) is 18.3 Å². The molecule has 9 nitrogen and oxygen atoms in total. The monoisotopic (exact) mass is 432 g/mol. The Morgan fingerprint density at radius 3 is 2.72 bits per heavy atom. The van der Waals surface area contributed by atoms with Gasteiger partial charge in [-0.25, -0.2) is 9.97 Å². The topological polar surface area (TPSA) is 91.2 Å². The molecule has 1 saturated carbocycles. The number of rotatable bonds is 3. The van der Waals surface area contributed by atoms with E-state index in [4.69, 9.17) is 4.98 Å². The third kappa shape index (κ3) is 3.37. The van der Waals surface area contributed by atoms with Crippen molar-refractivity contribution in [3.05, 3.63) is 36.3 Å². The van der Waals surface area contributed by atoms with Gasteiger partial charge in [-0.15, -0.1) is 0 Å². The maximum absolute atomic E-state index is 12.7. The van der Waals surface area contributed by atoms with E-state index >= 15 is 0 Å². The lowest BCUT2D eigenvalue weighted by atomic mass is 9.88. The van der Waals surface area contributed by atoms with Crippen LogP contribution < -0.4 is 15.5 Å². The van der Waals surface area contributed by atoms with E-state index in [2.05, 4.69) is 48.1 Å². The summed E-state index contributed by atoms with van der Waals surface area (Å²) in [6.07, 6.45) is 8.12. The SMILES string of the molecule is CN1CCN(c2ccc(Nc3ncc4cc5n(c4n3)[C@@H]3CCCC[C@@H]3NC5=O)nc2)CC1. The molecule has 1 amide bonds. The number of likely N-dealkylation sites (N-methyl/N-ethyl adjacent to an activating group) is 1. The third-order valence-electron chi connectivity index (χ3n) is 7.04. The largest absolute Gasteiger partial charge is 0.368 e. The summed E-state index contributed by atoms with van der Waals surface area (Å²) in [5, 5.41) is 7.32. The zero-order valence-corrected chi connectivity index (χ0v) is 18.3. The quantitative estimate of drug-likeness (QED) is 0.657. The number of piperazine rings is 1. The average molecular weight is 433 g/mol. The number of anilines is 3. The molecule has 0 spiro atoms. The van der Waals surface area contributed by atoms with Gasteiger partial charge in [-0.05, 0) is 38.1 Å². The number of fused-ring (bicyclic) bond motifs is 5. The molecular formula is C23H28N8O. The predicted molar refractivity (Wildman–Crippen MR) is 124 cm³/mol. The molecule has 0 radical (unpaired) electrons. The fourth-order valence-corrected chi connectivity index (χ4v) is 5.24. The number of carbonyl (C=O) groups is 1. The third-order valence-corrected chi connectivity index (χ3v) is 7.04. The highest BCUT2D eigenvalue weighted by Crippen LogP contribution is 2.36. The van der Waals surface area contributed by atoms with Gasteiger partial charge in [0.15, 0.2) is 0 Å². The summed E-state index contributed by atoms with van der Waals surface area (Å²) in [5.41, 5.74) is 2.64. The van der Waals surface area contributed by atoms with Crippen molar-refractivity contribution in [2.24, 2.45) is 0 Å². The number of aromatic nitrogens is 4. The van der Waals surface area contributed by atoms with E-state index < -0.39 is 0 Å². The predicted octanol–water partition coefficient (Wildman–Crippen LogP) is 2.55. The Bertz CT molecular complexity index is 1150. The fraction of sp³-hybridized carbons (Fsp3) is 0.478. The van der Waals surface area contributed by atoms with Gasteiger partial charge in [0.1, 0.15) is 17.2 Å². The molecule has 2 fully saturated rings. The molecule has 2 aliphatic heterocycles. The second-order valence-corrected chi connectivity index (χ2v) is 9.12. The standard InChI is InChI=1S/C23H28N8O/c1-29-8-10-30(11-9-29)16-6-7-20(24-14-16)27-23-25-13-15-12-19-22(32)26-17-4-2-3-5-18(17)31(19)21(15)28-23/h6-7,12-14,17-18H,2-5,8-11H2,1H3,(H,26,32)(H,24,25,27,28)/t17-,18+/m0/s1. The first-order valence-electron chi connectivity index (χ1n) is 11.5. The second kappa shape index (κ2) is 7.74. The number of nitrogens with zero attached hydrogens (tertiary/aromatic N) is 6. The molecule has 9 heteroatoms. The maximum atomic E-state index is 12.7. The van der Waals surface area contributed by atoms with Crippen LogP contribution in [0.25, 0.3) is 11.0 Å². The van der Waals surface area contributed by atoms with Crippen LogP contribution in [0.5, 0.6) is 0 Å². The summed E-state index contributed by atoms with van der Waals surface area (Å²) in [5.74, 6) is 1.19. The van der Waals surface area contributed by atoms with Crippen LogP contribution in [0.15, 0.2) is 30.6 Å². The van der Waals surface area contributed by atoms with E-state index in [1.54, 1.807) is 6.20 Å². The van der Waals surface area contributed by atoms with E-state index in [1.165, 1.54) is 6.42 Å². The van der Waals surface area contributed by atoms with Crippen molar-refractivity contribution in [3.63, 3.8) is 0 Å².